The Kier molecular flexibility index (Phi) is 6.19. The molecular formula is C26H28N4O3. The molecule has 2 aliphatic rings. The van der Waals surface area contributed by atoms with Crippen molar-refractivity contribution < 1.29 is 14.0 Å². The Balaban J connectivity index is 1.12. The number of aromatic nitrogens is 2. The molecule has 2 saturated heterocycles. The third-order valence-corrected chi connectivity index (χ3v) is 6.79. The van der Waals surface area contributed by atoms with Gasteiger partial charge in [-0.25, -0.2) is 0 Å². The summed E-state index contributed by atoms with van der Waals surface area (Å²) in [6, 6.07) is 19.7. The minimum atomic E-state index is 0.00892. The Morgan fingerprint density at radius 1 is 0.758 bits per heavy atom. The van der Waals surface area contributed by atoms with E-state index in [1.165, 1.54) is 0 Å². The van der Waals surface area contributed by atoms with E-state index >= 15 is 0 Å². The highest BCUT2D eigenvalue weighted by Gasteiger charge is 2.33. The second-order valence-corrected chi connectivity index (χ2v) is 8.85. The SMILES string of the molecule is O=C(c1ccccc1)C1CCN(C(=O)C2CCN(c3nnc(-c4ccccc4)o3)CC2)CC1. The fourth-order valence-corrected chi connectivity index (χ4v) is 4.82. The van der Waals surface area contributed by atoms with Gasteiger partial charge >= 0.3 is 6.01 Å². The van der Waals surface area contributed by atoms with E-state index in [0.29, 0.717) is 25.0 Å². The summed E-state index contributed by atoms with van der Waals surface area (Å²) in [5.74, 6) is 0.951. The monoisotopic (exact) mass is 444 g/mol. The van der Waals surface area contributed by atoms with Crippen LogP contribution >= 0.6 is 0 Å². The standard InChI is InChI=1S/C26H28N4O3/c31-23(19-7-3-1-4-8-19)20-11-15-29(16-12-20)25(32)22-13-17-30(18-14-22)26-28-27-24(33-26)21-9-5-2-6-10-21/h1-10,20,22H,11-18H2. The van der Waals surface area contributed by atoms with Gasteiger partial charge in [-0.2, -0.15) is 0 Å². The van der Waals surface area contributed by atoms with E-state index in [9.17, 15) is 9.59 Å². The first-order chi connectivity index (χ1) is 16.2. The van der Waals surface area contributed by atoms with Crippen molar-refractivity contribution in [2.24, 2.45) is 11.8 Å². The predicted molar refractivity (Wildman–Crippen MR) is 125 cm³/mol. The number of hydrogen-bond acceptors (Lipinski definition) is 6. The largest absolute Gasteiger partial charge is 0.403 e. The van der Waals surface area contributed by atoms with E-state index in [0.717, 1.165) is 49.9 Å². The topological polar surface area (TPSA) is 79.5 Å². The van der Waals surface area contributed by atoms with Crippen LogP contribution in [0.15, 0.2) is 65.1 Å². The number of hydrogen-bond donors (Lipinski definition) is 0. The summed E-state index contributed by atoms with van der Waals surface area (Å²) in [5, 5.41) is 8.38. The molecule has 7 heteroatoms. The zero-order valence-corrected chi connectivity index (χ0v) is 18.6. The van der Waals surface area contributed by atoms with Gasteiger partial charge in [-0.15, -0.1) is 5.10 Å². The highest BCUT2D eigenvalue weighted by molar-refractivity contribution is 5.98. The van der Waals surface area contributed by atoms with Crippen molar-refractivity contribution in [2.75, 3.05) is 31.1 Å². The summed E-state index contributed by atoms with van der Waals surface area (Å²) in [4.78, 5) is 29.8. The van der Waals surface area contributed by atoms with Crippen LogP contribution in [-0.2, 0) is 4.79 Å². The maximum absolute atomic E-state index is 13.1. The van der Waals surface area contributed by atoms with Gasteiger partial charge in [0.25, 0.3) is 0 Å². The lowest BCUT2D eigenvalue weighted by Gasteiger charge is -2.36. The average Bonchev–Trinajstić information content (AvgIpc) is 3.40. The number of piperidine rings is 2. The molecule has 1 amide bonds. The fraction of sp³-hybridized carbons (Fsp3) is 0.385. The van der Waals surface area contributed by atoms with E-state index in [1.807, 2.05) is 65.6 Å². The van der Waals surface area contributed by atoms with Crippen LogP contribution in [0.2, 0.25) is 0 Å². The number of rotatable bonds is 5. The molecule has 7 nitrogen and oxygen atoms in total. The third-order valence-electron chi connectivity index (χ3n) is 6.79. The highest BCUT2D eigenvalue weighted by atomic mass is 16.4. The van der Waals surface area contributed by atoms with Crippen LogP contribution in [0.4, 0.5) is 6.01 Å². The number of nitrogens with zero attached hydrogens (tertiary/aromatic N) is 4. The molecule has 5 rings (SSSR count). The van der Waals surface area contributed by atoms with Crippen molar-refractivity contribution in [1.29, 1.82) is 0 Å². The number of benzene rings is 2. The molecule has 2 fully saturated rings. The van der Waals surface area contributed by atoms with Gasteiger partial charge in [0.1, 0.15) is 0 Å². The van der Waals surface area contributed by atoms with E-state index in [1.54, 1.807) is 0 Å². The molecule has 33 heavy (non-hydrogen) atoms. The van der Waals surface area contributed by atoms with Crippen LogP contribution in [-0.4, -0.2) is 53.0 Å². The number of amides is 1. The lowest BCUT2D eigenvalue weighted by Crippen LogP contribution is -2.46. The lowest BCUT2D eigenvalue weighted by atomic mass is 9.87. The number of likely N-dealkylation sites (tertiary alicyclic amines) is 1. The number of carbonyl (C=O) groups excluding carboxylic acids is 2. The molecule has 0 aliphatic carbocycles. The highest BCUT2D eigenvalue weighted by Crippen LogP contribution is 2.28. The molecular weight excluding hydrogens is 416 g/mol. The molecule has 0 N–H and O–H groups in total. The Bertz CT molecular complexity index is 1080. The summed E-state index contributed by atoms with van der Waals surface area (Å²) in [6.45, 7) is 2.75. The van der Waals surface area contributed by atoms with Gasteiger partial charge in [0.15, 0.2) is 5.78 Å². The normalized spacial score (nSPS) is 17.8. The Morgan fingerprint density at radius 2 is 1.36 bits per heavy atom. The van der Waals surface area contributed by atoms with Crippen molar-refractivity contribution in [1.82, 2.24) is 15.1 Å². The maximum Gasteiger partial charge on any atom is 0.318 e. The summed E-state index contributed by atoms with van der Waals surface area (Å²) in [5.41, 5.74) is 1.67. The van der Waals surface area contributed by atoms with Gasteiger partial charge in [-0.05, 0) is 37.8 Å². The van der Waals surface area contributed by atoms with Gasteiger partial charge in [-0.3, -0.25) is 9.59 Å². The van der Waals surface area contributed by atoms with Gasteiger partial charge in [-0.1, -0.05) is 53.6 Å². The summed E-state index contributed by atoms with van der Waals surface area (Å²) >= 11 is 0. The van der Waals surface area contributed by atoms with Crippen molar-refractivity contribution in [2.45, 2.75) is 25.7 Å². The second kappa shape index (κ2) is 9.57. The van der Waals surface area contributed by atoms with Crippen LogP contribution < -0.4 is 4.90 Å². The molecule has 2 aliphatic heterocycles. The van der Waals surface area contributed by atoms with Crippen molar-refractivity contribution in [3.05, 3.63) is 66.2 Å². The molecule has 0 atom stereocenters. The van der Waals surface area contributed by atoms with E-state index in [2.05, 4.69) is 15.1 Å². The first-order valence-corrected chi connectivity index (χ1v) is 11.7. The minimum absolute atomic E-state index is 0.00892. The molecule has 1 aromatic heterocycles. The zero-order chi connectivity index (χ0) is 22.6. The molecule has 170 valence electrons. The molecule has 0 spiro atoms. The van der Waals surface area contributed by atoms with Gasteiger partial charge < -0.3 is 14.2 Å². The third kappa shape index (κ3) is 4.67. The molecule has 0 radical (unpaired) electrons. The van der Waals surface area contributed by atoms with Gasteiger partial charge in [0.05, 0.1) is 0 Å². The molecule has 0 unspecified atom stereocenters. The molecule has 2 aromatic carbocycles. The van der Waals surface area contributed by atoms with E-state index in [-0.39, 0.29) is 23.5 Å². The zero-order valence-electron chi connectivity index (χ0n) is 18.6. The Labute approximate surface area is 193 Å². The minimum Gasteiger partial charge on any atom is -0.403 e. The van der Waals surface area contributed by atoms with Crippen LogP contribution in [0.3, 0.4) is 0 Å². The first kappa shape index (κ1) is 21.4. The number of carbonyl (C=O) groups is 2. The van der Waals surface area contributed by atoms with E-state index in [4.69, 9.17) is 4.42 Å². The molecule has 0 saturated carbocycles. The Hall–Kier alpha value is -3.48. The van der Waals surface area contributed by atoms with Crippen LogP contribution in [0.1, 0.15) is 36.0 Å². The molecule has 3 aromatic rings. The smallest absolute Gasteiger partial charge is 0.318 e. The number of ketones is 1. The van der Waals surface area contributed by atoms with Crippen molar-refractivity contribution in [3.63, 3.8) is 0 Å². The number of anilines is 1. The Morgan fingerprint density at radius 3 is 2.03 bits per heavy atom. The van der Waals surface area contributed by atoms with Crippen molar-refractivity contribution in [3.8, 4) is 11.5 Å². The fourth-order valence-electron chi connectivity index (χ4n) is 4.82. The van der Waals surface area contributed by atoms with Gasteiger partial charge in [0, 0.05) is 49.1 Å². The summed E-state index contributed by atoms with van der Waals surface area (Å²) in [7, 11) is 0. The summed E-state index contributed by atoms with van der Waals surface area (Å²) in [6.07, 6.45) is 3.01. The van der Waals surface area contributed by atoms with E-state index < -0.39 is 0 Å². The quantitative estimate of drug-likeness (QED) is 0.552. The molecule has 0 bridgehead atoms. The molecule has 3 heterocycles. The summed E-state index contributed by atoms with van der Waals surface area (Å²) < 4.78 is 5.87. The van der Waals surface area contributed by atoms with Crippen LogP contribution in [0.25, 0.3) is 11.5 Å². The van der Waals surface area contributed by atoms with Gasteiger partial charge in [0.2, 0.25) is 11.8 Å². The first-order valence-electron chi connectivity index (χ1n) is 11.7. The van der Waals surface area contributed by atoms with Crippen molar-refractivity contribution >= 4 is 17.7 Å². The lowest BCUT2D eigenvalue weighted by molar-refractivity contribution is -0.137. The van der Waals surface area contributed by atoms with Crippen LogP contribution in [0.5, 0.6) is 0 Å². The second-order valence-electron chi connectivity index (χ2n) is 8.85. The number of Topliss-reactive ketones (excluding diaryl/α,β-unsaturated/α-hetero) is 1. The predicted octanol–water partition coefficient (Wildman–Crippen LogP) is 4.07. The average molecular weight is 445 g/mol. The maximum atomic E-state index is 13.1. The van der Waals surface area contributed by atoms with Crippen LogP contribution in [0, 0.1) is 11.8 Å².